The van der Waals surface area contributed by atoms with Crippen LogP contribution in [0, 0.1) is 5.92 Å². The minimum atomic E-state index is 0.338. The van der Waals surface area contributed by atoms with Crippen molar-refractivity contribution >= 4 is 0 Å². The molecule has 0 aromatic rings. The monoisotopic (exact) mass is 187 g/mol. The molecule has 2 nitrogen and oxygen atoms in total. The molecule has 2 unspecified atom stereocenters. The first-order valence-electron chi connectivity index (χ1n) is 5.46. The van der Waals surface area contributed by atoms with E-state index in [1.165, 1.54) is 6.42 Å². The molecule has 0 aromatic heterocycles. The summed E-state index contributed by atoms with van der Waals surface area (Å²) < 4.78 is 5.62. The molecule has 1 N–H and O–H groups in total. The zero-order valence-corrected chi connectivity index (χ0v) is 9.76. The van der Waals surface area contributed by atoms with Crippen molar-refractivity contribution in [3.8, 4) is 0 Å². The molecular weight excluding hydrogens is 162 g/mol. The third kappa shape index (κ3) is 6.05. The van der Waals surface area contributed by atoms with Gasteiger partial charge in [0.1, 0.15) is 0 Å². The summed E-state index contributed by atoms with van der Waals surface area (Å²) >= 11 is 0. The number of ether oxygens (including phenoxy) is 1. The largest absolute Gasteiger partial charge is 0.377 e. The third-order valence-corrected chi connectivity index (χ3v) is 2.41. The van der Waals surface area contributed by atoms with Crippen LogP contribution in [0.5, 0.6) is 0 Å². The number of hydrogen-bond acceptors (Lipinski definition) is 2. The minimum Gasteiger partial charge on any atom is -0.377 e. The Morgan fingerprint density at radius 3 is 2.15 bits per heavy atom. The van der Waals surface area contributed by atoms with Crippen molar-refractivity contribution in [1.29, 1.82) is 0 Å². The van der Waals surface area contributed by atoms with Gasteiger partial charge in [-0.2, -0.15) is 0 Å². The molecule has 0 spiro atoms. The summed E-state index contributed by atoms with van der Waals surface area (Å²) in [5, 5.41) is 3.46. The lowest BCUT2D eigenvalue weighted by molar-refractivity contribution is 0.0499. The summed E-state index contributed by atoms with van der Waals surface area (Å²) in [6, 6.07) is 0.511. The van der Waals surface area contributed by atoms with E-state index in [1.807, 2.05) is 0 Å². The molecule has 0 saturated carbocycles. The lowest BCUT2D eigenvalue weighted by atomic mass is 10.00. The highest BCUT2D eigenvalue weighted by Crippen LogP contribution is 2.08. The van der Waals surface area contributed by atoms with Crippen LogP contribution in [-0.2, 0) is 4.74 Å². The maximum absolute atomic E-state index is 5.62. The van der Waals surface area contributed by atoms with Crippen molar-refractivity contribution in [3.05, 3.63) is 0 Å². The maximum atomic E-state index is 5.62. The number of likely N-dealkylation sites (N-methyl/N-ethyl adjacent to an activating group) is 1. The van der Waals surface area contributed by atoms with Gasteiger partial charge < -0.3 is 10.1 Å². The van der Waals surface area contributed by atoms with E-state index in [-0.39, 0.29) is 0 Å². The molecule has 0 heterocycles. The zero-order valence-electron chi connectivity index (χ0n) is 9.76. The Labute approximate surface area is 83.1 Å². The summed E-state index contributed by atoms with van der Waals surface area (Å²) in [5.41, 5.74) is 0. The van der Waals surface area contributed by atoms with E-state index < -0.39 is 0 Å². The second-order valence-electron chi connectivity index (χ2n) is 3.93. The minimum absolute atomic E-state index is 0.338. The van der Waals surface area contributed by atoms with Crippen LogP contribution in [0.1, 0.15) is 41.0 Å². The topological polar surface area (TPSA) is 21.3 Å². The predicted molar refractivity (Wildman–Crippen MR) is 58.0 cm³/mol. The quantitative estimate of drug-likeness (QED) is 0.661. The summed E-state index contributed by atoms with van der Waals surface area (Å²) in [4.78, 5) is 0. The van der Waals surface area contributed by atoms with Crippen LogP contribution >= 0.6 is 0 Å². The highest BCUT2D eigenvalue weighted by Gasteiger charge is 2.14. The van der Waals surface area contributed by atoms with Crippen LogP contribution < -0.4 is 5.32 Å². The first-order valence-corrected chi connectivity index (χ1v) is 5.46. The van der Waals surface area contributed by atoms with Crippen molar-refractivity contribution in [2.45, 2.75) is 53.2 Å². The Bertz CT molecular complexity index is 115. The van der Waals surface area contributed by atoms with E-state index in [9.17, 15) is 0 Å². The second kappa shape index (κ2) is 7.34. The summed E-state index contributed by atoms with van der Waals surface area (Å²) in [6.45, 7) is 12.7. The smallest absolute Gasteiger partial charge is 0.0625 e. The molecule has 80 valence electrons. The van der Waals surface area contributed by atoms with E-state index in [0.29, 0.717) is 18.1 Å². The fourth-order valence-electron chi connectivity index (χ4n) is 1.27. The zero-order chi connectivity index (χ0) is 10.3. The van der Waals surface area contributed by atoms with Gasteiger partial charge in [0.2, 0.25) is 0 Å². The number of rotatable bonds is 7. The van der Waals surface area contributed by atoms with E-state index in [4.69, 9.17) is 4.74 Å². The van der Waals surface area contributed by atoms with Gasteiger partial charge in [-0.25, -0.2) is 0 Å². The van der Waals surface area contributed by atoms with Gasteiger partial charge in [0, 0.05) is 6.04 Å². The molecule has 0 bridgehead atoms. The summed E-state index contributed by atoms with van der Waals surface area (Å²) in [5.74, 6) is 0.693. The lowest BCUT2D eigenvalue weighted by Gasteiger charge is -2.24. The summed E-state index contributed by atoms with van der Waals surface area (Å²) in [7, 11) is 0. The van der Waals surface area contributed by atoms with Gasteiger partial charge in [-0.15, -0.1) is 0 Å². The van der Waals surface area contributed by atoms with Gasteiger partial charge in [-0.3, -0.25) is 0 Å². The van der Waals surface area contributed by atoms with E-state index >= 15 is 0 Å². The number of hydrogen-bond donors (Lipinski definition) is 1. The highest BCUT2D eigenvalue weighted by atomic mass is 16.5. The third-order valence-electron chi connectivity index (χ3n) is 2.41. The molecule has 0 saturated heterocycles. The van der Waals surface area contributed by atoms with Gasteiger partial charge in [0.25, 0.3) is 0 Å². The van der Waals surface area contributed by atoms with E-state index in [1.54, 1.807) is 0 Å². The molecule has 13 heavy (non-hydrogen) atoms. The first kappa shape index (κ1) is 12.9. The van der Waals surface area contributed by atoms with Crippen LogP contribution in [0.2, 0.25) is 0 Å². The van der Waals surface area contributed by atoms with Crippen LogP contribution in [-0.4, -0.2) is 25.3 Å². The molecule has 0 rings (SSSR count). The Balaban J connectivity index is 3.79. The second-order valence-corrected chi connectivity index (χ2v) is 3.93. The molecule has 2 heteroatoms. The molecule has 0 fully saturated rings. The average molecular weight is 187 g/mol. The molecule has 0 aliphatic heterocycles. The van der Waals surface area contributed by atoms with Crippen LogP contribution in [0.3, 0.4) is 0 Å². The van der Waals surface area contributed by atoms with E-state index in [0.717, 1.165) is 13.2 Å². The maximum Gasteiger partial charge on any atom is 0.0625 e. The molecule has 0 aliphatic carbocycles. The number of nitrogens with one attached hydrogen (secondary N) is 1. The Morgan fingerprint density at radius 1 is 1.15 bits per heavy atom. The van der Waals surface area contributed by atoms with Gasteiger partial charge in [0.15, 0.2) is 0 Å². The van der Waals surface area contributed by atoms with Crippen LogP contribution in [0.15, 0.2) is 0 Å². The van der Waals surface area contributed by atoms with Crippen molar-refractivity contribution in [3.63, 3.8) is 0 Å². The van der Waals surface area contributed by atoms with Crippen molar-refractivity contribution < 1.29 is 4.74 Å². The first-order chi connectivity index (χ1) is 6.11. The lowest BCUT2D eigenvalue weighted by Crippen LogP contribution is -2.39. The predicted octanol–water partition coefficient (Wildman–Crippen LogP) is 2.44. The van der Waals surface area contributed by atoms with Crippen molar-refractivity contribution in [1.82, 2.24) is 5.32 Å². The van der Waals surface area contributed by atoms with Gasteiger partial charge in [0.05, 0.1) is 12.7 Å². The van der Waals surface area contributed by atoms with E-state index in [2.05, 4.69) is 39.9 Å². The Morgan fingerprint density at radius 2 is 1.77 bits per heavy atom. The molecule has 0 aliphatic rings. The average Bonchev–Trinajstić information content (AvgIpc) is 2.10. The van der Waals surface area contributed by atoms with Crippen LogP contribution in [0.4, 0.5) is 0 Å². The van der Waals surface area contributed by atoms with Gasteiger partial charge >= 0.3 is 0 Å². The molecule has 0 radical (unpaired) electrons. The normalized spacial score (nSPS) is 16.2. The fraction of sp³-hybridized carbons (Fsp3) is 1.00. The molecule has 0 amide bonds. The molecular formula is C11H25NO. The molecule has 2 atom stereocenters. The van der Waals surface area contributed by atoms with Crippen molar-refractivity contribution in [2.24, 2.45) is 5.92 Å². The standard InChI is InChI=1S/C11H25NO/c1-6-10(5)11(12-7-2)8-13-9(3)4/h9-12H,6-8H2,1-5H3. The SMILES string of the molecule is CCNC(COC(C)C)C(C)CC. The fourth-order valence-corrected chi connectivity index (χ4v) is 1.27. The summed E-state index contributed by atoms with van der Waals surface area (Å²) in [6.07, 6.45) is 1.55. The van der Waals surface area contributed by atoms with Crippen molar-refractivity contribution in [2.75, 3.05) is 13.2 Å². The Kier molecular flexibility index (Phi) is 7.29. The highest BCUT2D eigenvalue weighted by molar-refractivity contribution is 4.71. The Hall–Kier alpha value is -0.0800. The van der Waals surface area contributed by atoms with Crippen LogP contribution in [0.25, 0.3) is 0 Å². The van der Waals surface area contributed by atoms with Gasteiger partial charge in [-0.1, -0.05) is 27.2 Å². The molecule has 0 aromatic carbocycles. The van der Waals surface area contributed by atoms with Gasteiger partial charge in [-0.05, 0) is 26.3 Å².